The average molecular weight is 935 g/mol. The Morgan fingerprint density at radius 3 is 1.70 bits per heavy atom. The first kappa shape index (κ1) is 54.1. The van der Waals surface area contributed by atoms with E-state index in [0.29, 0.717) is 5.56 Å². The van der Waals surface area contributed by atoms with Crippen LogP contribution in [0.5, 0.6) is 0 Å². The number of carboxylic acids is 4. The SMILES string of the molecule is Cc1cn(C2C[C@@H](O)[C@H](COP(=O)(O)O)O2)c(=O)[nH]c1=O.NC(CCC(=O)NC(CSSCC(NC(=O)CCC(N)C(=O)O)C(=O)NCC(=O)O)C(=O)NCC(=O)O)C(=O)O. The van der Waals surface area contributed by atoms with Gasteiger partial charge in [0.1, 0.15) is 49.6 Å². The van der Waals surface area contributed by atoms with Crippen molar-refractivity contribution < 1.29 is 87.5 Å². The number of carbonyl (C=O) groups is 8. The zero-order valence-electron chi connectivity index (χ0n) is 32.0. The first-order chi connectivity index (χ1) is 28.3. The number of aliphatic hydroxyl groups is 1. The average Bonchev–Trinajstić information content (AvgIpc) is 3.54. The number of nitrogens with zero attached hydrogens (tertiary/aromatic N) is 1. The summed E-state index contributed by atoms with van der Waals surface area (Å²) in [6, 6.07) is -5.16. The molecular formula is C30H47N8O20PS2. The molecule has 0 bridgehead atoms. The van der Waals surface area contributed by atoms with Crippen molar-refractivity contribution in [3.63, 3.8) is 0 Å². The summed E-state index contributed by atoms with van der Waals surface area (Å²) in [6.07, 6.45) is -2.69. The largest absolute Gasteiger partial charge is 0.480 e. The zero-order chi connectivity index (χ0) is 46.6. The third kappa shape index (κ3) is 22.0. The number of hydrogen-bond acceptors (Lipinski definition) is 18. The van der Waals surface area contributed by atoms with E-state index in [0.717, 1.165) is 26.2 Å². The van der Waals surface area contributed by atoms with Crippen molar-refractivity contribution in [2.24, 2.45) is 11.5 Å². The smallest absolute Gasteiger partial charge is 0.469 e. The van der Waals surface area contributed by atoms with Gasteiger partial charge < -0.3 is 72.8 Å². The van der Waals surface area contributed by atoms with Gasteiger partial charge in [0.05, 0.1) is 12.7 Å². The summed E-state index contributed by atoms with van der Waals surface area (Å²) in [5, 5.41) is 53.8. The Balaban J connectivity index is 0.000000734. The number of rotatable bonds is 25. The minimum Gasteiger partial charge on any atom is -0.480 e. The van der Waals surface area contributed by atoms with Crippen LogP contribution < -0.4 is 44.0 Å². The molecule has 16 N–H and O–H groups in total. The van der Waals surface area contributed by atoms with Gasteiger partial charge in [-0.25, -0.2) is 9.36 Å². The molecule has 1 saturated heterocycles. The van der Waals surface area contributed by atoms with Gasteiger partial charge in [0.2, 0.25) is 23.6 Å². The van der Waals surface area contributed by atoms with Gasteiger partial charge in [-0.3, -0.25) is 57.2 Å². The van der Waals surface area contributed by atoms with Crippen LogP contribution in [0.2, 0.25) is 0 Å². The van der Waals surface area contributed by atoms with E-state index < -0.39 is 129 Å². The van der Waals surface area contributed by atoms with Gasteiger partial charge in [0.25, 0.3) is 5.56 Å². The lowest BCUT2D eigenvalue weighted by atomic mass is 10.1. The number of phosphoric acid groups is 1. The number of ether oxygens (including phenoxy) is 1. The molecule has 2 rings (SSSR count). The maximum atomic E-state index is 12.4. The van der Waals surface area contributed by atoms with Crippen molar-refractivity contribution in [2.75, 3.05) is 31.2 Å². The first-order valence-corrected chi connectivity index (χ1v) is 21.5. The molecule has 1 aromatic heterocycles. The van der Waals surface area contributed by atoms with Gasteiger partial charge in [-0.05, 0) is 19.8 Å². The Bertz CT molecular complexity index is 1820. The number of aromatic nitrogens is 2. The number of phosphoric ester groups is 1. The standard InChI is InChI=1S/C20H32N6O12S2.C10H15N2O8P/c21-9(19(35)36)1-3-13(27)25-11(17(33)23-5-15(29)30)7-39-40-8-12(18(34)24-6-16(31)32)26-14(28)4-2-10(22)20(37)38;1-5-3-12(10(15)11-9(5)14)8-2-6(13)7(20-8)4-19-21(16,17)18/h9-12H,1-8,21-22H2,(H,23,33)(H,24,34)(H,25,27)(H,26,28)(H,29,30)(H,31,32)(H,35,36)(H,37,38);3,6-8,13H,2,4H2,1H3,(H,11,14,15)(H2,16,17,18)/t;6-,7+,8?/m.1/s1. The van der Waals surface area contributed by atoms with E-state index in [1.165, 1.54) is 13.1 Å². The number of H-pyrrole nitrogens is 1. The van der Waals surface area contributed by atoms with Gasteiger partial charge in [-0.2, -0.15) is 0 Å². The van der Waals surface area contributed by atoms with Crippen molar-refractivity contribution in [1.29, 1.82) is 0 Å². The summed E-state index contributed by atoms with van der Waals surface area (Å²) in [6.45, 7) is -0.486. The summed E-state index contributed by atoms with van der Waals surface area (Å²) in [7, 11) is -2.78. The van der Waals surface area contributed by atoms with E-state index in [1.807, 2.05) is 0 Å². The summed E-state index contributed by atoms with van der Waals surface area (Å²) in [5.74, 6) is -8.81. The summed E-state index contributed by atoms with van der Waals surface area (Å²) in [5.41, 5.74) is 9.78. The normalized spacial score (nSPS) is 17.9. The van der Waals surface area contributed by atoms with Gasteiger partial charge >= 0.3 is 37.4 Å². The number of carbonyl (C=O) groups excluding carboxylic acids is 4. The lowest BCUT2D eigenvalue weighted by Gasteiger charge is -2.20. The number of aromatic amines is 1. The molecule has 0 aliphatic carbocycles. The van der Waals surface area contributed by atoms with E-state index in [-0.39, 0.29) is 43.6 Å². The Labute approximate surface area is 351 Å². The van der Waals surface area contributed by atoms with Crippen LogP contribution in [0.3, 0.4) is 0 Å². The molecular weight excluding hydrogens is 887 g/mol. The van der Waals surface area contributed by atoms with Crippen molar-refractivity contribution >= 4 is 76.9 Å². The van der Waals surface area contributed by atoms with Crippen LogP contribution in [-0.2, 0) is 52.2 Å². The highest BCUT2D eigenvalue weighted by Crippen LogP contribution is 2.38. The number of nitrogens with two attached hydrogens (primary N) is 2. The number of aryl methyl sites for hydroxylation is 1. The molecule has 7 atom stereocenters. The minimum absolute atomic E-state index is 0.0283. The fourth-order valence-corrected chi connectivity index (χ4v) is 7.20. The number of amides is 4. The molecule has 4 amide bonds. The highest BCUT2D eigenvalue weighted by atomic mass is 33.1. The van der Waals surface area contributed by atoms with Gasteiger partial charge in [-0.1, -0.05) is 21.6 Å². The molecule has 1 aliphatic heterocycles. The lowest BCUT2D eigenvalue weighted by molar-refractivity contribution is -0.140. The van der Waals surface area contributed by atoms with Gasteiger partial charge in [0.15, 0.2) is 0 Å². The summed E-state index contributed by atoms with van der Waals surface area (Å²) in [4.78, 5) is 135. The number of hydrogen-bond donors (Lipinski definition) is 14. The molecule has 0 spiro atoms. The van der Waals surface area contributed by atoms with Crippen LogP contribution in [-0.4, -0.2) is 160 Å². The quantitative estimate of drug-likeness (QED) is 0.0247. The number of aliphatic hydroxyl groups excluding tert-OH is 1. The topological polar surface area (TPSA) is 469 Å². The monoisotopic (exact) mass is 934 g/mol. The maximum absolute atomic E-state index is 12.4. The van der Waals surface area contributed by atoms with E-state index in [9.17, 15) is 57.6 Å². The number of aliphatic carboxylic acids is 4. The van der Waals surface area contributed by atoms with Crippen LogP contribution in [0.1, 0.15) is 43.9 Å². The van der Waals surface area contributed by atoms with Crippen LogP contribution in [0.4, 0.5) is 0 Å². The Morgan fingerprint density at radius 2 is 1.31 bits per heavy atom. The van der Waals surface area contributed by atoms with Crippen molar-refractivity contribution in [3.8, 4) is 0 Å². The molecule has 5 unspecified atom stereocenters. The number of nitrogens with one attached hydrogen (secondary N) is 5. The van der Waals surface area contributed by atoms with Crippen molar-refractivity contribution in [2.45, 2.75) is 81.6 Å². The molecule has 0 saturated carbocycles. The van der Waals surface area contributed by atoms with Gasteiger partial charge in [-0.15, -0.1) is 0 Å². The Morgan fingerprint density at radius 1 is 0.869 bits per heavy atom. The van der Waals surface area contributed by atoms with Crippen molar-refractivity contribution in [1.82, 2.24) is 30.8 Å². The summed E-state index contributed by atoms with van der Waals surface area (Å²) >= 11 is 0. The lowest BCUT2D eigenvalue weighted by Crippen LogP contribution is -2.50. The molecule has 61 heavy (non-hydrogen) atoms. The minimum atomic E-state index is -4.67. The van der Waals surface area contributed by atoms with E-state index >= 15 is 0 Å². The van der Waals surface area contributed by atoms with E-state index in [1.54, 1.807) is 0 Å². The molecule has 1 aliphatic rings. The van der Waals surface area contributed by atoms with Gasteiger partial charge in [0, 0.05) is 42.5 Å². The fraction of sp³-hybridized carbons (Fsp3) is 0.600. The predicted molar refractivity (Wildman–Crippen MR) is 208 cm³/mol. The number of carboxylic acid groups (broad SMARTS) is 4. The van der Waals surface area contributed by atoms with E-state index in [2.05, 4.69) is 30.8 Å². The third-order valence-electron chi connectivity index (χ3n) is 7.75. The zero-order valence-corrected chi connectivity index (χ0v) is 34.5. The third-order valence-corrected chi connectivity index (χ3v) is 10.7. The van der Waals surface area contributed by atoms with Crippen LogP contribution in [0.15, 0.2) is 15.8 Å². The van der Waals surface area contributed by atoms with Crippen LogP contribution >= 0.6 is 29.4 Å². The molecule has 2 heterocycles. The second-order valence-electron chi connectivity index (χ2n) is 12.7. The molecule has 1 aromatic rings. The molecule has 0 aromatic carbocycles. The molecule has 0 radical (unpaired) electrons. The molecule has 1 fully saturated rings. The second kappa shape index (κ2) is 26.4. The van der Waals surface area contributed by atoms with E-state index in [4.69, 9.17) is 46.4 Å². The first-order valence-electron chi connectivity index (χ1n) is 17.5. The highest BCUT2D eigenvalue weighted by molar-refractivity contribution is 8.76. The highest BCUT2D eigenvalue weighted by Gasteiger charge is 2.37. The fourth-order valence-electron chi connectivity index (χ4n) is 4.53. The van der Waals surface area contributed by atoms with Crippen molar-refractivity contribution in [3.05, 3.63) is 32.6 Å². The Kier molecular flexibility index (Phi) is 23.4. The molecule has 28 nitrogen and oxygen atoms in total. The predicted octanol–water partition coefficient (Wildman–Crippen LogP) is -5.27. The van der Waals surface area contributed by atoms with Crippen LogP contribution in [0.25, 0.3) is 0 Å². The second-order valence-corrected chi connectivity index (χ2v) is 16.5. The molecule has 344 valence electrons. The summed E-state index contributed by atoms with van der Waals surface area (Å²) < 4.78 is 21.4. The maximum Gasteiger partial charge on any atom is 0.469 e. The Hall–Kier alpha value is -4.91. The van der Waals surface area contributed by atoms with Crippen LogP contribution in [0, 0.1) is 6.92 Å². The molecule has 31 heteroatoms.